The Bertz CT molecular complexity index is 955. The fraction of sp³-hybridized carbons (Fsp3) is 0.550. The smallest absolute Gasteiger partial charge is 0.240 e. The summed E-state index contributed by atoms with van der Waals surface area (Å²) in [5, 5.41) is 4.75. The number of fused-ring (bicyclic) bond motifs is 1. The van der Waals surface area contributed by atoms with Gasteiger partial charge in [0.1, 0.15) is 0 Å². The van der Waals surface area contributed by atoms with Crippen molar-refractivity contribution in [2.75, 3.05) is 13.6 Å². The Morgan fingerprint density at radius 3 is 2.52 bits per heavy atom. The molecule has 0 bridgehead atoms. The van der Waals surface area contributed by atoms with Gasteiger partial charge in [-0.2, -0.15) is 5.10 Å². The molecule has 0 fully saturated rings. The van der Waals surface area contributed by atoms with Gasteiger partial charge in [0, 0.05) is 30.9 Å². The molecular weight excluding hydrogens is 360 g/mol. The largest absolute Gasteiger partial charge is 0.294 e. The van der Waals surface area contributed by atoms with Crippen LogP contribution in [0.1, 0.15) is 48.8 Å². The van der Waals surface area contributed by atoms with E-state index in [1.165, 1.54) is 18.3 Å². The first kappa shape index (κ1) is 20.0. The van der Waals surface area contributed by atoms with Gasteiger partial charge in [-0.05, 0) is 65.3 Å². The standard InChI is InChI=1S/C20H30N4O2S/c1-14-18(15(2)24(22-14)20(3,4)5)13-23-11-10-17-16(12-23)8-7-9-19(17)27(25,26)21-6/h7-9,21H,10-13H2,1-6H3. The number of hydrogen-bond acceptors (Lipinski definition) is 4. The fourth-order valence-corrected chi connectivity index (χ4v) is 4.95. The maximum absolute atomic E-state index is 12.3. The summed E-state index contributed by atoms with van der Waals surface area (Å²) in [5.41, 5.74) is 5.54. The molecule has 1 aromatic carbocycles. The van der Waals surface area contributed by atoms with E-state index in [4.69, 9.17) is 5.10 Å². The van der Waals surface area contributed by atoms with E-state index in [0.29, 0.717) is 4.90 Å². The average molecular weight is 391 g/mol. The molecule has 0 saturated carbocycles. The van der Waals surface area contributed by atoms with Crippen LogP contribution in [0.3, 0.4) is 0 Å². The lowest BCUT2D eigenvalue weighted by Crippen LogP contribution is -2.32. The van der Waals surface area contributed by atoms with E-state index in [9.17, 15) is 8.42 Å². The molecule has 2 heterocycles. The van der Waals surface area contributed by atoms with Crippen LogP contribution in [0.15, 0.2) is 23.1 Å². The summed E-state index contributed by atoms with van der Waals surface area (Å²) in [6.07, 6.45) is 0.734. The van der Waals surface area contributed by atoms with Gasteiger partial charge < -0.3 is 0 Å². The second-order valence-corrected chi connectivity index (χ2v) is 10.1. The van der Waals surface area contributed by atoms with Gasteiger partial charge in [0.15, 0.2) is 0 Å². The van der Waals surface area contributed by atoms with Gasteiger partial charge in [0.25, 0.3) is 0 Å². The molecule has 7 heteroatoms. The molecule has 0 saturated heterocycles. The Balaban J connectivity index is 1.87. The molecule has 3 rings (SSSR count). The normalized spacial score (nSPS) is 15.8. The zero-order valence-corrected chi connectivity index (χ0v) is 17.9. The SMILES string of the molecule is CNS(=O)(=O)c1cccc2c1CCN(Cc1c(C)nn(C(C)(C)C)c1C)C2. The van der Waals surface area contributed by atoms with Crippen LogP contribution in [0.4, 0.5) is 0 Å². The highest BCUT2D eigenvalue weighted by Crippen LogP contribution is 2.28. The molecule has 0 radical (unpaired) electrons. The topological polar surface area (TPSA) is 67.2 Å². The molecule has 0 unspecified atom stereocenters. The van der Waals surface area contributed by atoms with Gasteiger partial charge in [-0.25, -0.2) is 13.1 Å². The minimum atomic E-state index is -3.42. The van der Waals surface area contributed by atoms with Gasteiger partial charge in [-0.15, -0.1) is 0 Å². The first-order chi connectivity index (χ1) is 12.5. The minimum absolute atomic E-state index is 0.0436. The molecule has 6 nitrogen and oxygen atoms in total. The lowest BCUT2D eigenvalue weighted by molar-refractivity contribution is 0.242. The second kappa shape index (κ2) is 7.04. The van der Waals surface area contributed by atoms with E-state index in [0.717, 1.165) is 42.9 Å². The van der Waals surface area contributed by atoms with Crippen molar-refractivity contribution in [3.05, 3.63) is 46.3 Å². The predicted octanol–water partition coefficient (Wildman–Crippen LogP) is 2.72. The number of hydrogen-bond donors (Lipinski definition) is 1. The van der Waals surface area contributed by atoms with Crippen LogP contribution in [0.5, 0.6) is 0 Å². The van der Waals surface area contributed by atoms with E-state index in [1.807, 2.05) is 12.1 Å². The summed E-state index contributed by atoms with van der Waals surface area (Å²) in [7, 11) is -1.96. The molecule has 0 amide bonds. The summed E-state index contributed by atoms with van der Waals surface area (Å²) in [6.45, 7) is 13.1. The molecule has 1 aliphatic heterocycles. The minimum Gasteiger partial charge on any atom is -0.294 e. The van der Waals surface area contributed by atoms with E-state index < -0.39 is 10.0 Å². The lowest BCUT2D eigenvalue weighted by atomic mass is 9.99. The zero-order chi connectivity index (χ0) is 20.0. The molecular formula is C20H30N4O2S. The van der Waals surface area contributed by atoms with Crippen molar-refractivity contribution in [3.63, 3.8) is 0 Å². The third kappa shape index (κ3) is 3.81. The van der Waals surface area contributed by atoms with Crippen molar-refractivity contribution < 1.29 is 8.42 Å². The van der Waals surface area contributed by atoms with Crippen LogP contribution < -0.4 is 4.72 Å². The maximum Gasteiger partial charge on any atom is 0.240 e. The number of sulfonamides is 1. The lowest BCUT2D eigenvalue weighted by Gasteiger charge is -2.30. The molecule has 148 valence electrons. The zero-order valence-electron chi connectivity index (χ0n) is 17.1. The van der Waals surface area contributed by atoms with E-state index in [-0.39, 0.29) is 5.54 Å². The number of aryl methyl sites for hydroxylation is 1. The van der Waals surface area contributed by atoms with E-state index >= 15 is 0 Å². The van der Waals surface area contributed by atoms with Crippen LogP contribution in [0.2, 0.25) is 0 Å². The highest BCUT2D eigenvalue weighted by atomic mass is 32.2. The van der Waals surface area contributed by atoms with Crippen LogP contribution in [-0.4, -0.2) is 36.7 Å². The van der Waals surface area contributed by atoms with Gasteiger partial charge in [-0.3, -0.25) is 9.58 Å². The highest BCUT2D eigenvalue weighted by Gasteiger charge is 2.26. The number of aromatic nitrogens is 2. The second-order valence-electron chi connectivity index (χ2n) is 8.29. The van der Waals surface area contributed by atoms with Crippen molar-refractivity contribution in [1.82, 2.24) is 19.4 Å². The Kier molecular flexibility index (Phi) is 5.22. The van der Waals surface area contributed by atoms with Crippen molar-refractivity contribution in [2.24, 2.45) is 0 Å². The summed E-state index contributed by atoms with van der Waals surface area (Å²) in [4.78, 5) is 2.79. The Morgan fingerprint density at radius 2 is 1.93 bits per heavy atom. The third-order valence-corrected chi connectivity index (χ3v) is 6.82. The summed E-state index contributed by atoms with van der Waals surface area (Å²) < 4.78 is 29.1. The van der Waals surface area contributed by atoms with Crippen molar-refractivity contribution in [1.29, 1.82) is 0 Å². The Labute approximate surface area is 162 Å². The molecule has 1 aliphatic rings. The van der Waals surface area contributed by atoms with Crippen LogP contribution in [-0.2, 0) is 35.1 Å². The Morgan fingerprint density at radius 1 is 1.22 bits per heavy atom. The summed E-state index contributed by atoms with van der Waals surface area (Å²) in [6, 6.07) is 5.57. The average Bonchev–Trinajstić information content (AvgIpc) is 2.89. The molecule has 1 N–H and O–H groups in total. The van der Waals surface area contributed by atoms with Gasteiger partial charge in [0.05, 0.1) is 16.1 Å². The molecule has 0 atom stereocenters. The monoisotopic (exact) mass is 390 g/mol. The molecule has 27 heavy (non-hydrogen) atoms. The third-order valence-electron chi connectivity index (χ3n) is 5.32. The Hall–Kier alpha value is -1.70. The van der Waals surface area contributed by atoms with Crippen molar-refractivity contribution >= 4 is 10.0 Å². The quantitative estimate of drug-likeness (QED) is 0.872. The van der Waals surface area contributed by atoms with Crippen molar-refractivity contribution in [3.8, 4) is 0 Å². The molecule has 2 aromatic rings. The summed E-state index contributed by atoms with van der Waals surface area (Å²) in [5.74, 6) is 0. The number of nitrogens with zero attached hydrogens (tertiary/aromatic N) is 3. The number of rotatable bonds is 4. The van der Waals surface area contributed by atoms with Gasteiger partial charge in [-0.1, -0.05) is 12.1 Å². The molecule has 0 aliphatic carbocycles. The first-order valence-corrected chi connectivity index (χ1v) is 10.8. The maximum atomic E-state index is 12.3. The highest BCUT2D eigenvalue weighted by molar-refractivity contribution is 7.89. The first-order valence-electron chi connectivity index (χ1n) is 9.37. The predicted molar refractivity (Wildman–Crippen MR) is 107 cm³/mol. The van der Waals surface area contributed by atoms with Gasteiger partial charge >= 0.3 is 0 Å². The number of benzene rings is 1. The van der Waals surface area contributed by atoms with Gasteiger partial charge in [0.2, 0.25) is 10.0 Å². The van der Waals surface area contributed by atoms with Crippen LogP contribution in [0.25, 0.3) is 0 Å². The van der Waals surface area contributed by atoms with E-state index in [2.05, 4.69) is 48.9 Å². The molecule has 0 spiro atoms. The number of nitrogens with one attached hydrogen (secondary N) is 1. The summed E-state index contributed by atoms with van der Waals surface area (Å²) >= 11 is 0. The molecule has 1 aromatic heterocycles. The van der Waals surface area contributed by atoms with Crippen LogP contribution in [0, 0.1) is 13.8 Å². The fourth-order valence-electron chi connectivity index (χ4n) is 3.91. The van der Waals surface area contributed by atoms with Crippen LogP contribution >= 0.6 is 0 Å². The van der Waals surface area contributed by atoms with Crippen molar-refractivity contribution in [2.45, 2.75) is 64.6 Å². The van der Waals surface area contributed by atoms with E-state index in [1.54, 1.807) is 6.07 Å².